The van der Waals surface area contributed by atoms with Gasteiger partial charge in [-0.3, -0.25) is 4.79 Å². The van der Waals surface area contributed by atoms with Crippen LogP contribution in [0.2, 0.25) is 0 Å². The topological polar surface area (TPSA) is 52.3 Å². The van der Waals surface area contributed by atoms with Gasteiger partial charge in [-0.25, -0.2) is 0 Å². The first-order valence-electron chi connectivity index (χ1n) is 4.65. The van der Waals surface area contributed by atoms with E-state index < -0.39 is 6.61 Å². The van der Waals surface area contributed by atoms with Crippen LogP contribution in [-0.2, 0) is 0 Å². The predicted octanol–water partition coefficient (Wildman–Crippen LogP) is 2.76. The molecule has 1 aromatic carbocycles. The lowest BCUT2D eigenvalue weighted by atomic mass is 10.1. The quantitative estimate of drug-likeness (QED) is 0.770. The second-order valence-electron chi connectivity index (χ2n) is 3.14. The number of carbonyl (C=O) groups excluding carboxylic acids is 1. The molecule has 0 saturated carbocycles. The summed E-state index contributed by atoms with van der Waals surface area (Å²) in [4.78, 5) is 10.7. The minimum absolute atomic E-state index is 0.00245. The fourth-order valence-corrected chi connectivity index (χ4v) is 1.37. The molecule has 17 heavy (non-hydrogen) atoms. The van der Waals surface area contributed by atoms with Crippen LogP contribution >= 0.6 is 0 Å². The van der Waals surface area contributed by atoms with E-state index in [1.807, 2.05) is 0 Å². The molecule has 0 unspecified atom stereocenters. The van der Waals surface area contributed by atoms with Crippen molar-refractivity contribution in [3.05, 3.63) is 36.1 Å². The molecule has 0 radical (unpaired) electrons. The van der Waals surface area contributed by atoms with Gasteiger partial charge < -0.3 is 9.26 Å². The number of hydrogen-bond acceptors (Lipinski definition) is 4. The van der Waals surface area contributed by atoms with Crippen molar-refractivity contribution < 1.29 is 22.8 Å². The Bertz CT molecular complexity index is 525. The van der Waals surface area contributed by atoms with Gasteiger partial charge in [0.25, 0.3) is 0 Å². The van der Waals surface area contributed by atoms with E-state index in [0.717, 1.165) is 0 Å². The van der Waals surface area contributed by atoms with Crippen LogP contribution in [0.25, 0.3) is 11.3 Å². The molecule has 0 saturated heterocycles. The average molecular weight is 239 g/mol. The lowest BCUT2D eigenvalue weighted by Crippen LogP contribution is -2.01. The van der Waals surface area contributed by atoms with Crippen molar-refractivity contribution in [2.24, 2.45) is 0 Å². The minimum Gasteiger partial charge on any atom is -0.435 e. The highest BCUT2D eigenvalue weighted by Crippen LogP contribution is 2.25. The molecule has 6 heteroatoms. The molecule has 88 valence electrons. The molecular weight excluding hydrogens is 232 g/mol. The summed E-state index contributed by atoms with van der Waals surface area (Å²) < 4.78 is 32.9. The van der Waals surface area contributed by atoms with Crippen molar-refractivity contribution in [2.75, 3.05) is 0 Å². The summed E-state index contributed by atoms with van der Waals surface area (Å²) in [7, 11) is 0. The van der Waals surface area contributed by atoms with E-state index in [1.54, 1.807) is 6.07 Å². The number of ether oxygens (including phenoxy) is 1. The Balaban J connectivity index is 2.36. The van der Waals surface area contributed by atoms with Gasteiger partial charge in [0, 0.05) is 5.56 Å². The zero-order valence-electron chi connectivity index (χ0n) is 8.47. The Kier molecular flexibility index (Phi) is 3.13. The lowest BCUT2D eigenvalue weighted by Gasteiger charge is -2.05. The maximum atomic E-state index is 12.0. The average Bonchev–Trinajstić information content (AvgIpc) is 2.76. The fourth-order valence-electron chi connectivity index (χ4n) is 1.37. The van der Waals surface area contributed by atoms with E-state index >= 15 is 0 Å². The molecular formula is C11H7F2NO3. The van der Waals surface area contributed by atoms with Crippen molar-refractivity contribution in [2.45, 2.75) is 6.61 Å². The second kappa shape index (κ2) is 4.73. The van der Waals surface area contributed by atoms with Gasteiger partial charge in [0.2, 0.25) is 0 Å². The Morgan fingerprint density at radius 2 is 2.24 bits per heavy atom. The van der Waals surface area contributed by atoms with E-state index in [4.69, 9.17) is 0 Å². The Labute approximate surface area is 94.8 Å². The molecule has 0 aliphatic rings. The predicted molar refractivity (Wildman–Crippen MR) is 54.0 cm³/mol. The van der Waals surface area contributed by atoms with Crippen LogP contribution in [0.1, 0.15) is 10.4 Å². The number of aldehydes is 1. The largest absolute Gasteiger partial charge is 0.435 e. The molecule has 0 bridgehead atoms. The normalized spacial score (nSPS) is 10.5. The highest BCUT2D eigenvalue weighted by atomic mass is 19.3. The van der Waals surface area contributed by atoms with Gasteiger partial charge in [-0.15, -0.1) is 0 Å². The van der Waals surface area contributed by atoms with Crippen molar-refractivity contribution in [1.29, 1.82) is 0 Å². The van der Waals surface area contributed by atoms with Crippen LogP contribution < -0.4 is 4.74 Å². The maximum Gasteiger partial charge on any atom is 0.387 e. The second-order valence-corrected chi connectivity index (χ2v) is 3.14. The van der Waals surface area contributed by atoms with E-state index in [0.29, 0.717) is 17.5 Å². The summed E-state index contributed by atoms with van der Waals surface area (Å²) in [5.41, 5.74) is 1.01. The first-order valence-corrected chi connectivity index (χ1v) is 4.65. The number of alkyl halides is 2. The van der Waals surface area contributed by atoms with E-state index in [-0.39, 0.29) is 11.3 Å². The summed E-state index contributed by atoms with van der Waals surface area (Å²) >= 11 is 0. The van der Waals surface area contributed by atoms with Crippen molar-refractivity contribution in [3.8, 4) is 17.0 Å². The summed E-state index contributed by atoms with van der Waals surface area (Å²) in [5, 5.41) is 3.63. The van der Waals surface area contributed by atoms with E-state index in [1.165, 1.54) is 24.5 Å². The molecule has 4 nitrogen and oxygen atoms in total. The molecule has 0 aliphatic carbocycles. The number of aromatic nitrogens is 1. The van der Waals surface area contributed by atoms with Crippen molar-refractivity contribution in [1.82, 2.24) is 5.16 Å². The number of hydrogen-bond donors (Lipinski definition) is 0. The standard InChI is InChI=1S/C11H7F2NO3/c12-11(13)17-9-3-1-2-7(4-9)10-8(5-15)6-16-14-10/h1-6,11H. The Morgan fingerprint density at radius 1 is 1.41 bits per heavy atom. The van der Waals surface area contributed by atoms with Crippen molar-refractivity contribution >= 4 is 6.29 Å². The molecule has 0 atom stereocenters. The third-order valence-corrected chi connectivity index (χ3v) is 2.06. The minimum atomic E-state index is -2.90. The van der Waals surface area contributed by atoms with Crippen LogP contribution in [0.5, 0.6) is 5.75 Å². The van der Waals surface area contributed by atoms with E-state index in [2.05, 4.69) is 14.4 Å². The maximum absolute atomic E-state index is 12.0. The van der Waals surface area contributed by atoms with Gasteiger partial charge in [0.05, 0.1) is 5.56 Å². The highest BCUT2D eigenvalue weighted by Gasteiger charge is 2.11. The van der Waals surface area contributed by atoms with Gasteiger partial charge >= 0.3 is 6.61 Å². The molecule has 2 aromatic rings. The molecule has 1 aromatic heterocycles. The third-order valence-electron chi connectivity index (χ3n) is 2.06. The smallest absolute Gasteiger partial charge is 0.387 e. The summed E-state index contributed by atoms with van der Waals surface area (Å²) in [6.07, 6.45) is 1.76. The third kappa shape index (κ3) is 2.47. The first-order chi connectivity index (χ1) is 8.20. The zero-order valence-corrected chi connectivity index (χ0v) is 8.47. The molecule has 0 N–H and O–H groups in total. The molecule has 0 amide bonds. The molecule has 0 spiro atoms. The molecule has 0 fully saturated rings. The number of carbonyl (C=O) groups is 1. The van der Waals surface area contributed by atoms with Crippen LogP contribution in [0.15, 0.2) is 35.1 Å². The molecule has 1 heterocycles. The van der Waals surface area contributed by atoms with Gasteiger partial charge in [-0.05, 0) is 12.1 Å². The van der Waals surface area contributed by atoms with Crippen LogP contribution in [0, 0.1) is 0 Å². The number of rotatable bonds is 4. The number of halogens is 2. The van der Waals surface area contributed by atoms with E-state index in [9.17, 15) is 13.6 Å². The lowest BCUT2D eigenvalue weighted by molar-refractivity contribution is -0.0498. The van der Waals surface area contributed by atoms with Crippen LogP contribution in [0.3, 0.4) is 0 Å². The monoisotopic (exact) mass is 239 g/mol. The fraction of sp³-hybridized carbons (Fsp3) is 0.0909. The highest BCUT2D eigenvalue weighted by molar-refractivity contribution is 5.85. The summed E-state index contributed by atoms with van der Waals surface area (Å²) in [6.45, 7) is -2.90. The van der Waals surface area contributed by atoms with Crippen LogP contribution in [0.4, 0.5) is 8.78 Å². The SMILES string of the molecule is O=Cc1conc1-c1cccc(OC(F)F)c1. The number of nitrogens with zero attached hydrogens (tertiary/aromatic N) is 1. The summed E-state index contributed by atoms with van der Waals surface area (Å²) in [5.74, 6) is -0.00245. The molecule has 2 rings (SSSR count). The van der Waals surface area contributed by atoms with Crippen LogP contribution in [-0.4, -0.2) is 18.1 Å². The zero-order chi connectivity index (χ0) is 12.3. The Hall–Kier alpha value is -2.24. The molecule has 0 aliphatic heterocycles. The van der Waals surface area contributed by atoms with Gasteiger partial charge in [0.15, 0.2) is 6.29 Å². The first kappa shape index (κ1) is 11.3. The Morgan fingerprint density at radius 3 is 2.94 bits per heavy atom. The van der Waals surface area contributed by atoms with Gasteiger partial charge in [-0.2, -0.15) is 8.78 Å². The number of benzene rings is 1. The summed E-state index contributed by atoms with van der Waals surface area (Å²) in [6, 6.07) is 5.88. The van der Waals surface area contributed by atoms with Gasteiger partial charge in [0.1, 0.15) is 17.7 Å². The van der Waals surface area contributed by atoms with Gasteiger partial charge in [-0.1, -0.05) is 17.3 Å². The van der Waals surface area contributed by atoms with Crippen molar-refractivity contribution in [3.63, 3.8) is 0 Å².